The van der Waals surface area contributed by atoms with E-state index < -0.39 is 30.4 Å². The molecule has 0 unspecified atom stereocenters. The van der Waals surface area contributed by atoms with Gasteiger partial charge in [0.25, 0.3) is 0 Å². The molecule has 2 aromatic heterocycles. The van der Waals surface area contributed by atoms with E-state index in [4.69, 9.17) is 23.9 Å². The molecule has 0 bridgehead atoms. The Labute approximate surface area is 189 Å². The standard InChI is InChI=1S/C24H24N4O5/c1-24(2)32-22-21(29)17(31-23(22)33-24)12-28-20-15-6-4-5-7-16(15)25-18(19(20)26-27-28)13-8-10-14(30-3)11-9-13/h4-11,17,21-23,29H,12H2,1-3H3/t17-,21+,22-,23-/m1/s1. The number of pyridine rings is 1. The van der Waals surface area contributed by atoms with Gasteiger partial charge < -0.3 is 24.1 Å². The number of nitrogens with zero attached hydrogens (tertiary/aromatic N) is 4. The predicted octanol–water partition coefficient (Wildman–Crippen LogP) is 2.89. The number of benzene rings is 2. The van der Waals surface area contributed by atoms with Gasteiger partial charge in [-0.1, -0.05) is 23.4 Å². The highest BCUT2D eigenvalue weighted by molar-refractivity contribution is 6.07. The van der Waals surface area contributed by atoms with Crippen molar-refractivity contribution in [3.63, 3.8) is 0 Å². The monoisotopic (exact) mass is 448 g/mol. The third-order valence-corrected chi connectivity index (χ3v) is 6.18. The first kappa shape index (κ1) is 20.5. The smallest absolute Gasteiger partial charge is 0.190 e. The summed E-state index contributed by atoms with van der Waals surface area (Å²) in [6.07, 6.45) is -2.53. The number of fused-ring (bicyclic) bond motifs is 4. The molecule has 0 saturated carbocycles. The molecule has 4 heterocycles. The summed E-state index contributed by atoms with van der Waals surface area (Å²) in [4.78, 5) is 4.87. The number of hydrogen-bond acceptors (Lipinski definition) is 8. The zero-order valence-corrected chi connectivity index (χ0v) is 18.5. The summed E-state index contributed by atoms with van der Waals surface area (Å²) in [6.45, 7) is 3.91. The second-order valence-corrected chi connectivity index (χ2v) is 8.81. The van der Waals surface area contributed by atoms with Crippen molar-refractivity contribution in [2.75, 3.05) is 7.11 Å². The summed E-state index contributed by atoms with van der Waals surface area (Å²) in [5.74, 6) is -0.0129. The fourth-order valence-electron chi connectivity index (χ4n) is 4.64. The van der Waals surface area contributed by atoms with Gasteiger partial charge in [-0.25, -0.2) is 9.67 Å². The molecule has 1 N–H and O–H groups in total. The van der Waals surface area contributed by atoms with Crippen LogP contribution in [0.1, 0.15) is 13.8 Å². The molecule has 9 nitrogen and oxygen atoms in total. The van der Waals surface area contributed by atoms with Crippen LogP contribution >= 0.6 is 0 Å². The van der Waals surface area contributed by atoms with Gasteiger partial charge in [-0.3, -0.25) is 0 Å². The topological polar surface area (TPSA) is 101 Å². The Bertz CT molecular complexity index is 1340. The van der Waals surface area contributed by atoms with Crippen LogP contribution in [0.3, 0.4) is 0 Å². The predicted molar refractivity (Wildman–Crippen MR) is 120 cm³/mol. The molecule has 2 saturated heterocycles. The van der Waals surface area contributed by atoms with Crippen LogP contribution in [0.4, 0.5) is 0 Å². The Hall–Kier alpha value is -3.11. The number of hydrogen-bond donors (Lipinski definition) is 1. The molecule has 170 valence electrons. The molecule has 4 atom stereocenters. The van der Waals surface area contributed by atoms with Gasteiger partial charge in [0.05, 0.1) is 19.2 Å². The second kappa shape index (κ2) is 7.46. The van der Waals surface area contributed by atoms with Gasteiger partial charge in [-0.05, 0) is 44.2 Å². The van der Waals surface area contributed by atoms with E-state index in [2.05, 4.69) is 10.3 Å². The van der Waals surface area contributed by atoms with Crippen LogP contribution in [0.5, 0.6) is 5.75 Å². The van der Waals surface area contributed by atoms with Gasteiger partial charge in [0, 0.05) is 10.9 Å². The first-order valence-corrected chi connectivity index (χ1v) is 10.9. The SMILES string of the molecule is COc1ccc(-c2nc3ccccc3c3c2nnn3C[C@H]2O[C@@H]3OC(C)(C)O[C@@H]3[C@H]2O)cc1. The highest BCUT2D eigenvalue weighted by atomic mass is 16.8. The quantitative estimate of drug-likeness (QED) is 0.509. The summed E-state index contributed by atoms with van der Waals surface area (Å²) in [5.41, 5.74) is 3.99. The second-order valence-electron chi connectivity index (χ2n) is 8.81. The fourth-order valence-corrected chi connectivity index (χ4v) is 4.64. The molecule has 33 heavy (non-hydrogen) atoms. The van der Waals surface area contributed by atoms with Crippen molar-refractivity contribution in [2.45, 2.75) is 50.8 Å². The van der Waals surface area contributed by atoms with Gasteiger partial charge in [0.15, 0.2) is 12.1 Å². The Morgan fingerprint density at radius 3 is 2.64 bits per heavy atom. The normalized spacial score (nSPS) is 26.2. The van der Waals surface area contributed by atoms with Crippen LogP contribution in [0.2, 0.25) is 0 Å². The average molecular weight is 448 g/mol. The number of methoxy groups -OCH3 is 1. The van der Waals surface area contributed by atoms with E-state index in [0.29, 0.717) is 12.1 Å². The lowest BCUT2D eigenvalue weighted by atomic mass is 10.1. The zero-order chi connectivity index (χ0) is 22.7. The van der Waals surface area contributed by atoms with Crippen LogP contribution < -0.4 is 4.74 Å². The van der Waals surface area contributed by atoms with Crippen LogP contribution in [-0.2, 0) is 20.8 Å². The van der Waals surface area contributed by atoms with Crippen molar-refractivity contribution in [1.82, 2.24) is 20.0 Å². The van der Waals surface area contributed by atoms with Crippen molar-refractivity contribution in [1.29, 1.82) is 0 Å². The Morgan fingerprint density at radius 2 is 1.88 bits per heavy atom. The average Bonchev–Trinajstić information content (AvgIpc) is 3.45. The van der Waals surface area contributed by atoms with Crippen molar-refractivity contribution in [2.24, 2.45) is 0 Å². The van der Waals surface area contributed by atoms with E-state index in [1.54, 1.807) is 25.6 Å². The number of para-hydroxylation sites is 1. The number of ether oxygens (including phenoxy) is 4. The molecule has 2 aliphatic rings. The summed E-state index contributed by atoms with van der Waals surface area (Å²) in [5, 5.41) is 20.7. The third kappa shape index (κ3) is 3.36. The highest BCUT2D eigenvalue weighted by Gasteiger charge is 2.54. The molecule has 9 heteroatoms. The van der Waals surface area contributed by atoms with Gasteiger partial charge >= 0.3 is 0 Å². The maximum absolute atomic E-state index is 10.8. The molecule has 4 aromatic rings. The molecular weight excluding hydrogens is 424 g/mol. The van der Waals surface area contributed by atoms with Gasteiger partial charge in [-0.15, -0.1) is 5.10 Å². The number of aliphatic hydroxyl groups is 1. The maximum atomic E-state index is 10.8. The Morgan fingerprint density at radius 1 is 1.09 bits per heavy atom. The summed E-state index contributed by atoms with van der Waals surface area (Å²) < 4.78 is 24.6. The number of aromatic nitrogens is 4. The Balaban J connectivity index is 1.42. The van der Waals surface area contributed by atoms with Crippen molar-refractivity contribution >= 4 is 21.9 Å². The van der Waals surface area contributed by atoms with E-state index >= 15 is 0 Å². The number of rotatable bonds is 4. The molecule has 0 amide bonds. The number of aliphatic hydroxyl groups excluding tert-OH is 1. The van der Waals surface area contributed by atoms with E-state index in [9.17, 15) is 5.11 Å². The minimum absolute atomic E-state index is 0.299. The maximum Gasteiger partial charge on any atom is 0.190 e. The van der Waals surface area contributed by atoms with Gasteiger partial charge in [0.1, 0.15) is 40.8 Å². The van der Waals surface area contributed by atoms with Crippen LogP contribution in [0.25, 0.3) is 33.2 Å². The van der Waals surface area contributed by atoms with E-state index in [1.807, 2.05) is 48.5 Å². The lowest BCUT2D eigenvalue weighted by Crippen LogP contribution is -2.36. The summed E-state index contributed by atoms with van der Waals surface area (Å²) in [6, 6.07) is 15.6. The van der Waals surface area contributed by atoms with Crippen molar-refractivity contribution in [3.8, 4) is 17.0 Å². The van der Waals surface area contributed by atoms with Crippen molar-refractivity contribution in [3.05, 3.63) is 48.5 Å². The molecule has 0 radical (unpaired) electrons. The van der Waals surface area contributed by atoms with Crippen molar-refractivity contribution < 1.29 is 24.1 Å². The van der Waals surface area contributed by atoms with Gasteiger partial charge in [-0.2, -0.15) is 0 Å². The van der Waals surface area contributed by atoms with E-state index in [1.165, 1.54) is 0 Å². The summed E-state index contributed by atoms with van der Waals surface area (Å²) in [7, 11) is 1.64. The highest BCUT2D eigenvalue weighted by Crippen LogP contribution is 2.38. The van der Waals surface area contributed by atoms with Crippen LogP contribution in [-0.4, -0.2) is 62.6 Å². The Kier molecular flexibility index (Phi) is 4.63. The fraction of sp³-hybridized carbons (Fsp3) is 0.375. The minimum atomic E-state index is -0.842. The first-order chi connectivity index (χ1) is 15.9. The lowest BCUT2D eigenvalue weighted by Gasteiger charge is -2.23. The molecule has 2 aliphatic heterocycles. The molecule has 2 aromatic carbocycles. The molecule has 2 fully saturated rings. The van der Waals surface area contributed by atoms with Crippen LogP contribution in [0.15, 0.2) is 48.5 Å². The lowest BCUT2D eigenvalue weighted by molar-refractivity contribution is -0.216. The van der Waals surface area contributed by atoms with Gasteiger partial charge in [0.2, 0.25) is 0 Å². The first-order valence-electron chi connectivity index (χ1n) is 10.9. The molecular formula is C24H24N4O5. The zero-order valence-electron chi connectivity index (χ0n) is 18.5. The van der Waals surface area contributed by atoms with E-state index in [0.717, 1.165) is 33.4 Å². The van der Waals surface area contributed by atoms with E-state index in [-0.39, 0.29) is 0 Å². The molecule has 0 spiro atoms. The van der Waals surface area contributed by atoms with Crippen LogP contribution in [0, 0.1) is 0 Å². The molecule has 0 aliphatic carbocycles. The largest absolute Gasteiger partial charge is 0.497 e. The minimum Gasteiger partial charge on any atom is -0.497 e. The summed E-state index contributed by atoms with van der Waals surface area (Å²) >= 11 is 0. The third-order valence-electron chi connectivity index (χ3n) is 6.18. The molecule has 6 rings (SSSR count).